The zero-order valence-electron chi connectivity index (χ0n) is 12.0. The normalized spacial score (nSPS) is 12.0. The average Bonchev–Trinajstić information content (AvgIpc) is 2.94. The highest BCUT2D eigenvalue weighted by Gasteiger charge is 2.29. The van der Waals surface area contributed by atoms with Crippen molar-refractivity contribution in [1.29, 1.82) is 0 Å². The van der Waals surface area contributed by atoms with Crippen LogP contribution in [0.5, 0.6) is 0 Å². The van der Waals surface area contributed by atoms with E-state index in [2.05, 4.69) is 20.3 Å². The number of H-pyrrole nitrogens is 1. The smallest absolute Gasteiger partial charge is 0.264 e. The van der Waals surface area contributed by atoms with E-state index in [0.717, 1.165) is 12.1 Å². The van der Waals surface area contributed by atoms with Crippen LogP contribution in [0.25, 0.3) is 11.4 Å². The standard InChI is InChI=1S/C15H10F3N5S/c16-15(17,18)12-5-3-10(4-6-12)8-20-23-13(21-22-14(23)24)11-2-1-7-19-9-11/h1-9H,(H,22,24)/b20-8+. The van der Waals surface area contributed by atoms with Crippen LogP contribution in [0.2, 0.25) is 0 Å². The molecular formula is C15H10F3N5S. The average molecular weight is 349 g/mol. The molecular weight excluding hydrogens is 339 g/mol. The number of pyridine rings is 1. The highest BCUT2D eigenvalue weighted by Crippen LogP contribution is 2.28. The van der Waals surface area contributed by atoms with E-state index in [1.807, 2.05) is 0 Å². The van der Waals surface area contributed by atoms with Gasteiger partial charge < -0.3 is 0 Å². The van der Waals surface area contributed by atoms with Gasteiger partial charge in [-0.1, -0.05) is 12.1 Å². The Labute approximate surface area is 139 Å². The molecule has 24 heavy (non-hydrogen) atoms. The third-order valence-corrected chi connectivity index (χ3v) is 3.39. The van der Waals surface area contributed by atoms with Crippen LogP contribution < -0.4 is 0 Å². The third kappa shape index (κ3) is 3.40. The van der Waals surface area contributed by atoms with Gasteiger partial charge in [0.1, 0.15) is 0 Å². The van der Waals surface area contributed by atoms with E-state index in [1.54, 1.807) is 24.5 Å². The molecule has 0 fully saturated rings. The minimum Gasteiger partial charge on any atom is -0.264 e. The van der Waals surface area contributed by atoms with Crippen LogP contribution in [0.15, 0.2) is 53.9 Å². The number of hydrogen-bond donors (Lipinski definition) is 1. The molecule has 0 aliphatic carbocycles. The topological polar surface area (TPSA) is 58.9 Å². The van der Waals surface area contributed by atoms with Gasteiger partial charge in [0.25, 0.3) is 0 Å². The molecule has 0 bridgehead atoms. The molecule has 3 aromatic rings. The number of alkyl halides is 3. The molecule has 0 spiro atoms. The summed E-state index contributed by atoms with van der Waals surface area (Å²) in [5.74, 6) is 0.455. The summed E-state index contributed by atoms with van der Waals surface area (Å²) in [4.78, 5) is 4.00. The van der Waals surface area contributed by atoms with E-state index in [0.29, 0.717) is 17.0 Å². The summed E-state index contributed by atoms with van der Waals surface area (Å²) in [5.41, 5.74) is 0.494. The first-order chi connectivity index (χ1) is 11.4. The fourth-order valence-electron chi connectivity index (χ4n) is 1.96. The number of halogens is 3. The maximum Gasteiger partial charge on any atom is 0.416 e. The first-order valence-electron chi connectivity index (χ1n) is 6.74. The molecule has 0 atom stereocenters. The number of aromatic nitrogens is 4. The Hall–Kier alpha value is -2.81. The second kappa shape index (κ2) is 6.36. The monoisotopic (exact) mass is 349 g/mol. The molecule has 9 heteroatoms. The van der Waals surface area contributed by atoms with E-state index in [-0.39, 0.29) is 4.77 Å². The molecule has 1 aromatic carbocycles. The Bertz CT molecular complexity index is 911. The van der Waals surface area contributed by atoms with Crippen molar-refractivity contribution in [2.45, 2.75) is 6.18 Å². The highest BCUT2D eigenvalue weighted by atomic mass is 32.1. The Kier molecular flexibility index (Phi) is 4.26. The summed E-state index contributed by atoms with van der Waals surface area (Å²) in [6.07, 6.45) is 0.275. The molecule has 0 aliphatic heterocycles. The van der Waals surface area contributed by atoms with E-state index in [1.165, 1.54) is 23.0 Å². The second-order valence-electron chi connectivity index (χ2n) is 4.77. The Morgan fingerprint density at radius 1 is 1.17 bits per heavy atom. The molecule has 0 saturated carbocycles. The summed E-state index contributed by atoms with van der Waals surface area (Å²) < 4.78 is 39.3. The van der Waals surface area contributed by atoms with Gasteiger partial charge in [-0.05, 0) is 42.0 Å². The number of aromatic amines is 1. The molecule has 0 amide bonds. The van der Waals surface area contributed by atoms with Crippen molar-refractivity contribution in [2.24, 2.45) is 5.10 Å². The fraction of sp³-hybridized carbons (Fsp3) is 0.0667. The molecule has 5 nitrogen and oxygen atoms in total. The lowest BCUT2D eigenvalue weighted by molar-refractivity contribution is -0.137. The maximum atomic E-state index is 12.6. The van der Waals surface area contributed by atoms with Gasteiger partial charge in [0.2, 0.25) is 4.77 Å². The van der Waals surface area contributed by atoms with Crippen LogP contribution in [-0.2, 0) is 6.18 Å². The van der Waals surface area contributed by atoms with Gasteiger partial charge in [-0.15, -0.1) is 0 Å². The van der Waals surface area contributed by atoms with Crippen LogP contribution in [-0.4, -0.2) is 26.1 Å². The molecule has 0 radical (unpaired) electrons. The van der Waals surface area contributed by atoms with Crippen LogP contribution in [0.3, 0.4) is 0 Å². The molecule has 0 unspecified atom stereocenters. The molecule has 3 rings (SSSR count). The van der Waals surface area contributed by atoms with E-state index in [4.69, 9.17) is 12.2 Å². The van der Waals surface area contributed by atoms with Gasteiger partial charge in [0.05, 0.1) is 11.8 Å². The Morgan fingerprint density at radius 3 is 2.54 bits per heavy atom. The van der Waals surface area contributed by atoms with Crippen LogP contribution in [0.1, 0.15) is 11.1 Å². The van der Waals surface area contributed by atoms with E-state index < -0.39 is 11.7 Å². The lowest BCUT2D eigenvalue weighted by Gasteiger charge is -2.05. The number of benzene rings is 1. The summed E-state index contributed by atoms with van der Waals surface area (Å²) in [5, 5.41) is 10.9. The predicted octanol–water partition coefficient (Wildman–Crippen LogP) is 3.90. The molecule has 122 valence electrons. The van der Waals surface area contributed by atoms with Crippen LogP contribution in [0.4, 0.5) is 13.2 Å². The van der Waals surface area contributed by atoms with Gasteiger partial charge in [0, 0.05) is 18.0 Å². The van der Waals surface area contributed by atoms with Gasteiger partial charge in [-0.25, -0.2) is 5.10 Å². The first kappa shape index (κ1) is 16.1. The largest absolute Gasteiger partial charge is 0.416 e. The van der Waals surface area contributed by atoms with Gasteiger partial charge >= 0.3 is 6.18 Å². The van der Waals surface area contributed by atoms with Gasteiger partial charge in [-0.3, -0.25) is 4.98 Å². The van der Waals surface area contributed by atoms with Crippen LogP contribution in [0, 0.1) is 4.77 Å². The molecule has 0 aliphatic rings. The van der Waals surface area contributed by atoms with Crippen molar-refractivity contribution in [3.8, 4) is 11.4 Å². The molecule has 1 N–H and O–H groups in total. The zero-order chi connectivity index (χ0) is 17.2. The lowest BCUT2D eigenvalue weighted by atomic mass is 10.1. The SMILES string of the molecule is FC(F)(F)c1ccc(/C=N/n2c(-c3cccnc3)n[nH]c2=S)cc1. The summed E-state index contributed by atoms with van der Waals surface area (Å²) in [7, 11) is 0. The summed E-state index contributed by atoms with van der Waals surface area (Å²) in [6, 6.07) is 8.20. The number of nitrogens with zero attached hydrogens (tertiary/aromatic N) is 4. The molecule has 2 aromatic heterocycles. The highest BCUT2D eigenvalue weighted by molar-refractivity contribution is 7.71. The third-order valence-electron chi connectivity index (χ3n) is 3.13. The zero-order valence-corrected chi connectivity index (χ0v) is 12.8. The van der Waals surface area contributed by atoms with Crippen molar-refractivity contribution in [1.82, 2.24) is 19.9 Å². The Morgan fingerprint density at radius 2 is 1.92 bits per heavy atom. The second-order valence-corrected chi connectivity index (χ2v) is 5.16. The van der Waals surface area contributed by atoms with Crippen molar-refractivity contribution >= 4 is 18.4 Å². The maximum absolute atomic E-state index is 12.6. The fourth-order valence-corrected chi connectivity index (χ4v) is 2.14. The first-order valence-corrected chi connectivity index (χ1v) is 7.15. The van der Waals surface area contributed by atoms with Crippen molar-refractivity contribution in [3.63, 3.8) is 0 Å². The molecule has 2 heterocycles. The minimum absolute atomic E-state index is 0.261. The van der Waals surface area contributed by atoms with Crippen LogP contribution >= 0.6 is 12.2 Å². The minimum atomic E-state index is -4.36. The molecule has 0 saturated heterocycles. The summed E-state index contributed by atoms with van der Waals surface area (Å²) >= 11 is 5.12. The summed E-state index contributed by atoms with van der Waals surface area (Å²) in [6.45, 7) is 0. The van der Waals surface area contributed by atoms with E-state index in [9.17, 15) is 13.2 Å². The quantitative estimate of drug-likeness (QED) is 0.576. The number of hydrogen-bond acceptors (Lipinski definition) is 4. The van der Waals surface area contributed by atoms with Crippen molar-refractivity contribution < 1.29 is 13.2 Å². The van der Waals surface area contributed by atoms with Crippen molar-refractivity contribution in [2.75, 3.05) is 0 Å². The Balaban J connectivity index is 1.91. The van der Waals surface area contributed by atoms with Gasteiger partial charge in [0.15, 0.2) is 5.82 Å². The van der Waals surface area contributed by atoms with E-state index >= 15 is 0 Å². The predicted molar refractivity (Wildman–Crippen MR) is 85.1 cm³/mol. The lowest BCUT2D eigenvalue weighted by Crippen LogP contribution is -2.04. The van der Waals surface area contributed by atoms with Crippen molar-refractivity contribution in [3.05, 3.63) is 64.7 Å². The number of rotatable bonds is 3. The van der Waals surface area contributed by atoms with Gasteiger partial charge in [-0.2, -0.15) is 28.0 Å². The number of nitrogens with one attached hydrogen (secondary N) is 1.